The van der Waals surface area contributed by atoms with Crippen molar-refractivity contribution in [2.24, 2.45) is 9.98 Å². The summed E-state index contributed by atoms with van der Waals surface area (Å²) in [5.41, 5.74) is 2.62. The SMILES string of the molecule is C1=NC(Cc2cccc(CC3COC=N3)c2)CO1. The molecule has 0 N–H and O–H groups in total. The van der Waals surface area contributed by atoms with E-state index in [2.05, 4.69) is 34.3 Å². The third kappa shape index (κ3) is 2.70. The maximum Gasteiger partial charge on any atom is 0.169 e. The Morgan fingerprint density at radius 3 is 1.94 bits per heavy atom. The zero-order chi connectivity index (χ0) is 12.2. The van der Waals surface area contributed by atoms with Gasteiger partial charge in [0.2, 0.25) is 0 Å². The second-order valence-corrected chi connectivity index (χ2v) is 4.71. The van der Waals surface area contributed by atoms with Crippen molar-refractivity contribution in [1.82, 2.24) is 0 Å². The molecule has 2 unspecified atom stereocenters. The highest BCUT2D eigenvalue weighted by molar-refractivity contribution is 5.49. The van der Waals surface area contributed by atoms with Gasteiger partial charge in [-0.15, -0.1) is 0 Å². The molecule has 2 aliphatic rings. The number of ether oxygens (including phenoxy) is 2. The molecule has 4 heteroatoms. The summed E-state index contributed by atoms with van der Waals surface area (Å²) < 4.78 is 10.3. The number of aliphatic imine (C=N–C) groups is 2. The quantitative estimate of drug-likeness (QED) is 0.808. The zero-order valence-electron chi connectivity index (χ0n) is 10.2. The number of benzene rings is 1. The molecule has 2 aliphatic heterocycles. The summed E-state index contributed by atoms with van der Waals surface area (Å²) in [5.74, 6) is 0. The highest BCUT2D eigenvalue weighted by atomic mass is 16.5. The van der Waals surface area contributed by atoms with Gasteiger partial charge in [-0.3, -0.25) is 9.98 Å². The number of nitrogens with zero attached hydrogens (tertiary/aromatic N) is 2. The van der Waals surface area contributed by atoms with E-state index in [4.69, 9.17) is 9.47 Å². The van der Waals surface area contributed by atoms with Gasteiger partial charge in [-0.2, -0.15) is 0 Å². The monoisotopic (exact) mass is 244 g/mol. The molecule has 0 spiro atoms. The summed E-state index contributed by atoms with van der Waals surface area (Å²) in [6.07, 6.45) is 4.99. The van der Waals surface area contributed by atoms with Gasteiger partial charge in [0.15, 0.2) is 12.8 Å². The zero-order valence-corrected chi connectivity index (χ0v) is 10.2. The highest BCUT2D eigenvalue weighted by Gasteiger charge is 2.15. The summed E-state index contributed by atoms with van der Waals surface area (Å²) in [4.78, 5) is 8.55. The van der Waals surface area contributed by atoms with E-state index >= 15 is 0 Å². The van der Waals surface area contributed by atoms with Crippen LogP contribution >= 0.6 is 0 Å². The van der Waals surface area contributed by atoms with E-state index in [1.807, 2.05) is 0 Å². The van der Waals surface area contributed by atoms with Crippen molar-refractivity contribution in [3.63, 3.8) is 0 Å². The lowest BCUT2D eigenvalue weighted by molar-refractivity contribution is 0.326. The minimum absolute atomic E-state index is 0.271. The molecule has 0 fully saturated rings. The van der Waals surface area contributed by atoms with E-state index in [1.54, 1.807) is 12.8 Å². The van der Waals surface area contributed by atoms with Gasteiger partial charge in [0.1, 0.15) is 13.2 Å². The lowest BCUT2D eigenvalue weighted by Crippen LogP contribution is -2.12. The minimum atomic E-state index is 0.271. The predicted octanol–water partition coefficient (Wildman–Crippen LogP) is 1.63. The molecule has 0 aromatic heterocycles. The van der Waals surface area contributed by atoms with Crippen LogP contribution < -0.4 is 0 Å². The van der Waals surface area contributed by atoms with Crippen LogP contribution in [-0.2, 0) is 22.3 Å². The van der Waals surface area contributed by atoms with Gasteiger partial charge in [0.05, 0.1) is 12.1 Å². The summed E-state index contributed by atoms with van der Waals surface area (Å²) in [6.45, 7) is 1.40. The fourth-order valence-corrected chi connectivity index (χ4v) is 2.30. The molecule has 0 bridgehead atoms. The van der Waals surface area contributed by atoms with Crippen molar-refractivity contribution < 1.29 is 9.47 Å². The maximum atomic E-state index is 5.14. The van der Waals surface area contributed by atoms with Crippen molar-refractivity contribution in [1.29, 1.82) is 0 Å². The topological polar surface area (TPSA) is 43.2 Å². The average Bonchev–Trinajstić information content (AvgIpc) is 3.03. The maximum absolute atomic E-state index is 5.14. The first kappa shape index (κ1) is 11.3. The average molecular weight is 244 g/mol. The molecule has 0 amide bonds. The van der Waals surface area contributed by atoms with Crippen LogP contribution in [0.5, 0.6) is 0 Å². The van der Waals surface area contributed by atoms with Gasteiger partial charge < -0.3 is 9.47 Å². The number of hydrogen-bond acceptors (Lipinski definition) is 4. The number of hydrogen-bond donors (Lipinski definition) is 0. The smallest absolute Gasteiger partial charge is 0.169 e. The second kappa shape index (κ2) is 5.21. The number of rotatable bonds is 4. The predicted molar refractivity (Wildman–Crippen MR) is 70.3 cm³/mol. The summed E-state index contributed by atoms with van der Waals surface area (Å²) in [6, 6.07) is 9.17. The molecule has 94 valence electrons. The molecule has 1 aromatic rings. The van der Waals surface area contributed by atoms with Crippen molar-refractivity contribution in [2.75, 3.05) is 13.2 Å². The standard InChI is InChI=1S/C14H16N2O2/c1-2-11(5-13-7-17-9-15-13)4-12(3-1)6-14-8-18-10-16-14/h1-4,9-10,13-14H,5-8H2. The third-order valence-corrected chi connectivity index (χ3v) is 3.20. The van der Waals surface area contributed by atoms with E-state index in [-0.39, 0.29) is 12.1 Å². The normalized spacial score (nSPS) is 25.1. The van der Waals surface area contributed by atoms with Crippen LogP contribution in [-0.4, -0.2) is 38.1 Å². The minimum Gasteiger partial charge on any atom is -0.481 e. The first-order valence-electron chi connectivity index (χ1n) is 6.24. The molecular weight excluding hydrogens is 228 g/mol. The van der Waals surface area contributed by atoms with Crippen molar-refractivity contribution in [3.8, 4) is 0 Å². The molecule has 0 saturated carbocycles. The molecular formula is C14H16N2O2. The Morgan fingerprint density at radius 2 is 1.50 bits per heavy atom. The molecule has 1 aromatic carbocycles. The Kier molecular flexibility index (Phi) is 3.26. The van der Waals surface area contributed by atoms with Crippen LogP contribution in [0.25, 0.3) is 0 Å². The van der Waals surface area contributed by atoms with Crippen LogP contribution in [0.15, 0.2) is 34.3 Å². The second-order valence-electron chi connectivity index (χ2n) is 4.71. The van der Waals surface area contributed by atoms with E-state index in [9.17, 15) is 0 Å². The largest absolute Gasteiger partial charge is 0.481 e. The van der Waals surface area contributed by atoms with Gasteiger partial charge in [-0.05, 0) is 24.0 Å². The van der Waals surface area contributed by atoms with Gasteiger partial charge in [-0.1, -0.05) is 24.3 Å². The first-order valence-corrected chi connectivity index (χ1v) is 6.24. The molecule has 0 saturated heterocycles. The van der Waals surface area contributed by atoms with E-state index < -0.39 is 0 Å². The lowest BCUT2D eigenvalue weighted by atomic mass is 10.0. The van der Waals surface area contributed by atoms with Crippen LogP contribution in [0, 0.1) is 0 Å². The Balaban J connectivity index is 1.64. The Labute approximate surface area is 106 Å². The first-order chi connectivity index (χ1) is 8.90. The molecule has 4 nitrogen and oxygen atoms in total. The van der Waals surface area contributed by atoms with Crippen LogP contribution in [0.4, 0.5) is 0 Å². The third-order valence-electron chi connectivity index (χ3n) is 3.20. The van der Waals surface area contributed by atoms with Crippen molar-refractivity contribution in [2.45, 2.75) is 24.9 Å². The van der Waals surface area contributed by atoms with Gasteiger partial charge >= 0.3 is 0 Å². The van der Waals surface area contributed by atoms with E-state index in [1.165, 1.54) is 11.1 Å². The van der Waals surface area contributed by atoms with E-state index in [0.717, 1.165) is 12.8 Å². The molecule has 0 aliphatic carbocycles. The van der Waals surface area contributed by atoms with Gasteiger partial charge in [-0.25, -0.2) is 0 Å². The molecule has 0 radical (unpaired) electrons. The summed E-state index contributed by atoms with van der Waals surface area (Å²) in [7, 11) is 0. The van der Waals surface area contributed by atoms with Crippen molar-refractivity contribution >= 4 is 12.8 Å². The molecule has 2 heterocycles. The fraction of sp³-hybridized carbons (Fsp3) is 0.429. The Bertz CT molecular complexity index is 431. The Hall–Kier alpha value is -1.84. The van der Waals surface area contributed by atoms with Crippen molar-refractivity contribution in [3.05, 3.63) is 35.4 Å². The van der Waals surface area contributed by atoms with Gasteiger partial charge in [0, 0.05) is 0 Å². The van der Waals surface area contributed by atoms with Crippen LogP contribution in [0.2, 0.25) is 0 Å². The molecule has 18 heavy (non-hydrogen) atoms. The lowest BCUT2D eigenvalue weighted by Gasteiger charge is -2.09. The van der Waals surface area contributed by atoms with Crippen LogP contribution in [0.1, 0.15) is 11.1 Å². The summed E-state index contributed by atoms with van der Waals surface area (Å²) >= 11 is 0. The molecule has 3 rings (SSSR count). The van der Waals surface area contributed by atoms with E-state index in [0.29, 0.717) is 13.2 Å². The van der Waals surface area contributed by atoms with Gasteiger partial charge in [0.25, 0.3) is 0 Å². The van der Waals surface area contributed by atoms with Crippen LogP contribution in [0.3, 0.4) is 0 Å². The Morgan fingerprint density at radius 1 is 0.944 bits per heavy atom. The summed E-state index contributed by atoms with van der Waals surface area (Å²) in [5, 5.41) is 0. The fourth-order valence-electron chi connectivity index (χ4n) is 2.30. The highest BCUT2D eigenvalue weighted by Crippen LogP contribution is 2.14. The molecule has 2 atom stereocenters.